The maximum Gasteiger partial charge on any atom is 0.483 e. The predicted octanol–water partition coefficient (Wildman–Crippen LogP) is 2.08. The van der Waals surface area contributed by atoms with E-state index in [-0.39, 0.29) is 6.15 Å². The van der Waals surface area contributed by atoms with Gasteiger partial charge in [-0.1, -0.05) is 0 Å². The van der Waals surface area contributed by atoms with Crippen molar-refractivity contribution in [2.45, 2.75) is 30.6 Å². The van der Waals surface area contributed by atoms with Crippen LogP contribution in [0.3, 0.4) is 0 Å². The quantitative estimate of drug-likeness (QED) is 0.731. The van der Waals surface area contributed by atoms with E-state index in [1.165, 1.54) is 4.74 Å². The number of hydrogen-bond donors (Lipinski definition) is 1. The van der Waals surface area contributed by atoms with Gasteiger partial charge in [0, 0.05) is 0 Å². The fraction of sp³-hybridized carbons (Fsp3) is 0.833. The Labute approximate surface area is 112 Å². The summed E-state index contributed by atoms with van der Waals surface area (Å²) in [6, 6.07) is 0. The van der Waals surface area contributed by atoms with Crippen LogP contribution in [0.4, 0.5) is 48.3 Å². The molecule has 16 heteroatoms. The molecule has 0 aliphatic rings. The number of carboxylic acids is 1. The van der Waals surface area contributed by atoms with Crippen molar-refractivity contribution >= 4 is 5.97 Å². The van der Waals surface area contributed by atoms with Crippen molar-refractivity contribution < 1.29 is 67.7 Å². The van der Waals surface area contributed by atoms with E-state index in [9.17, 15) is 58.2 Å². The van der Waals surface area contributed by atoms with E-state index in [2.05, 4.69) is 0 Å². The first-order valence-electron chi connectivity index (χ1n) is 4.05. The molecule has 0 aromatic heterocycles. The lowest BCUT2D eigenvalue weighted by atomic mass is 10.5. The van der Waals surface area contributed by atoms with E-state index < -0.39 is 36.6 Å². The SMILES string of the molecule is O=C([O-])C(F)(F)OC(F)(F)C(F)(F)OC(F)(F)C(F)(F)F.[NH4+]. The summed E-state index contributed by atoms with van der Waals surface area (Å²) in [4.78, 5) is 9.54. The highest BCUT2D eigenvalue weighted by Gasteiger charge is 2.72. The Kier molecular flexibility index (Phi) is 6.23. The van der Waals surface area contributed by atoms with Gasteiger partial charge < -0.3 is 16.1 Å². The van der Waals surface area contributed by atoms with Gasteiger partial charge in [0.25, 0.3) is 0 Å². The van der Waals surface area contributed by atoms with Gasteiger partial charge in [-0.2, -0.15) is 48.3 Å². The summed E-state index contributed by atoms with van der Waals surface area (Å²) in [6.07, 6.45) is -33.7. The summed E-state index contributed by atoms with van der Waals surface area (Å²) in [6.45, 7) is 0. The molecule has 5 nitrogen and oxygen atoms in total. The van der Waals surface area contributed by atoms with E-state index >= 15 is 0 Å². The van der Waals surface area contributed by atoms with E-state index in [0.717, 1.165) is 0 Å². The van der Waals surface area contributed by atoms with Crippen molar-refractivity contribution in [2.24, 2.45) is 0 Å². The third kappa shape index (κ3) is 4.80. The van der Waals surface area contributed by atoms with Crippen LogP contribution < -0.4 is 11.3 Å². The van der Waals surface area contributed by atoms with Crippen molar-refractivity contribution in [3.05, 3.63) is 0 Å². The minimum Gasteiger partial charge on any atom is -0.542 e. The molecule has 22 heavy (non-hydrogen) atoms. The predicted molar refractivity (Wildman–Crippen MR) is 39.0 cm³/mol. The maximum absolute atomic E-state index is 12.4. The molecule has 0 amide bonds. The molecule has 0 unspecified atom stereocenters. The Bertz CT molecular complexity index is 406. The van der Waals surface area contributed by atoms with Gasteiger partial charge in [0.05, 0.1) is 0 Å². The van der Waals surface area contributed by atoms with Crippen molar-refractivity contribution in [2.75, 3.05) is 0 Å². The lowest BCUT2D eigenvalue weighted by Gasteiger charge is -2.31. The van der Waals surface area contributed by atoms with E-state index in [1.54, 1.807) is 4.74 Å². The zero-order valence-electron chi connectivity index (χ0n) is 9.79. The van der Waals surface area contributed by atoms with Crippen LogP contribution in [0.5, 0.6) is 0 Å². The van der Waals surface area contributed by atoms with Crippen LogP contribution in [0.2, 0.25) is 0 Å². The number of rotatable bonds is 6. The number of carbonyl (C=O) groups excluding carboxylic acids is 1. The van der Waals surface area contributed by atoms with Gasteiger partial charge in [-0.3, -0.25) is 0 Å². The smallest absolute Gasteiger partial charge is 0.483 e. The second-order valence-corrected chi connectivity index (χ2v) is 3.06. The highest BCUT2D eigenvalue weighted by molar-refractivity contribution is 5.71. The normalized spacial score (nSPS) is 14.5. The Morgan fingerprint density at radius 1 is 0.682 bits per heavy atom. The van der Waals surface area contributed by atoms with Crippen LogP contribution in [0.1, 0.15) is 0 Å². The number of alkyl halides is 11. The molecular weight excluding hydrogens is 359 g/mol. The molecule has 134 valence electrons. The first-order chi connectivity index (χ1) is 8.86. The molecule has 0 bridgehead atoms. The summed E-state index contributed by atoms with van der Waals surface area (Å²) in [5.41, 5.74) is 0. The van der Waals surface area contributed by atoms with Crippen LogP contribution in [0.15, 0.2) is 0 Å². The number of carbonyl (C=O) groups is 1. The number of ether oxygens (including phenoxy) is 2. The molecule has 0 fully saturated rings. The largest absolute Gasteiger partial charge is 0.542 e. The van der Waals surface area contributed by atoms with Crippen molar-refractivity contribution in [3.8, 4) is 0 Å². The Morgan fingerprint density at radius 3 is 1.27 bits per heavy atom. The maximum atomic E-state index is 12.4. The first-order valence-corrected chi connectivity index (χ1v) is 4.05. The number of hydrogen-bond acceptors (Lipinski definition) is 4. The Morgan fingerprint density at radius 2 is 1.00 bits per heavy atom. The zero-order chi connectivity index (χ0) is 17.5. The van der Waals surface area contributed by atoms with Gasteiger partial charge in [-0.15, -0.1) is 0 Å². The summed E-state index contributed by atoms with van der Waals surface area (Å²) in [7, 11) is 0. The average Bonchev–Trinajstić information content (AvgIpc) is 2.11. The monoisotopic (exact) mass is 363 g/mol. The lowest BCUT2D eigenvalue weighted by molar-refractivity contribution is -0.536. The minimum atomic E-state index is -6.97. The standard InChI is InChI=1S/C6HF11O4.H3N/c7-2(8,1(18)19)20-5(14,15)6(16,17)21-4(12,13)3(9,10)11;/h(H,18,19);1H3. The van der Waals surface area contributed by atoms with Crippen LogP contribution in [0.25, 0.3) is 0 Å². The third-order valence-electron chi connectivity index (χ3n) is 1.42. The summed E-state index contributed by atoms with van der Waals surface area (Å²) < 4.78 is 135. The van der Waals surface area contributed by atoms with E-state index in [1.807, 2.05) is 0 Å². The molecule has 0 heterocycles. The second-order valence-electron chi connectivity index (χ2n) is 3.06. The fourth-order valence-corrected chi connectivity index (χ4v) is 0.540. The van der Waals surface area contributed by atoms with Crippen molar-refractivity contribution in [1.82, 2.24) is 6.15 Å². The molecule has 0 aliphatic heterocycles. The molecule has 0 aromatic carbocycles. The zero-order valence-corrected chi connectivity index (χ0v) is 9.79. The van der Waals surface area contributed by atoms with Crippen LogP contribution in [-0.2, 0) is 14.3 Å². The molecule has 0 aliphatic carbocycles. The highest BCUT2D eigenvalue weighted by Crippen LogP contribution is 2.47. The van der Waals surface area contributed by atoms with E-state index in [4.69, 9.17) is 0 Å². The van der Waals surface area contributed by atoms with Crippen molar-refractivity contribution in [3.63, 3.8) is 0 Å². The number of quaternary nitrogens is 1. The molecule has 0 saturated carbocycles. The Balaban J connectivity index is 0. The van der Waals surface area contributed by atoms with Gasteiger partial charge in [0.1, 0.15) is 5.97 Å². The minimum absolute atomic E-state index is 0. The molecular formula is C6H4F11NO4. The van der Waals surface area contributed by atoms with Crippen LogP contribution in [0, 0.1) is 0 Å². The second kappa shape index (κ2) is 5.99. The van der Waals surface area contributed by atoms with Gasteiger partial charge in [-0.25, -0.2) is 9.47 Å². The molecule has 4 N–H and O–H groups in total. The topological polar surface area (TPSA) is 95.1 Å². The summed E-state index contributed by atoms with van der Waals surface area (Å²) >= 11 is 0. The molecule has 0 radical (unpaired) electrons. The molecule has 0 rings (SSSR count). The van der Waals surface area contributed by atoms with Gasteiger partial charge >= 0.3 is 30.6 Å². The number of aliphatic carboxylic acids is 1. The first kappa shape index (κ1) is 22.9. The molecule has 0 saturated heterocycles. The van der Waals surface area contributed by atoms with Gasteiger partial charge in [0.15, 0.2) is 0 Å². The van der Waals surface area contributed by atoms with Gasteiger partial charge in [-0.05, 0) is 0 Å². The number of carboxylic acid groups (broad SMARTS) is 1. The number of halogens is 11. The molecule has 0 atom stereocenters. The van der Waals surface area contributed by atoms with Gasteiger partial charge in [0.2, 0.25) is 0 Å². The molecule has 0 aromatic rings. The fourth-order valence-electron chi connectivity index (χ4n) is 0.540. The van der Waals surface area contributed by atoms with E-state index in [0.29, 0.717) is 0 Å². The Hall–Kier alpha value is -1.42. The molecule has 0 spiro atoms. The third-order valence-corrected chi connectivity index (χ3v) is 1.42. The highest BCUT2D eigenvalue weighted by atomic mass is 19.4. The van der Waals surface area contributed by atoms with Crippen LogP contribution >= 0.6 is 0 Å². The van der Waals surface area contributed by atoms with Crippen LogP contribution in [-0.4, -0.2) is 36.6 Å². The summed E-state index contributed by atoms with van der Waals surface area (Å²) in [5, 5.41) is 9.54. The van der Waals surface area contributed by atoms with Crippen molar-refractivity contribution in [1.29, 1.82) is 0 Å². The lowest BCUT2D eigenvalue weighted by Crippen LogP contribution is -2.57. The summed E-state index contributed by atoms with van der Waals surface area (Å²) in [5.74, 6) is -3.79. The average molecular weight is 363 g/mol.